The number of carbonyl (C=O) groups is 2. The van der Waals surface area contributed by atoms with E-state index in [1.807, 2.05) is 19.0 Å². The Bertz CT molecular complexity index is 236. The molecule has 0 atom stereocenters. The molecule has 0 aromatic heterocycles. The predicted molar refractivity (Wildman–Crippen MR) is 65.4 cm³/mol. The van der Waals surface area contributed by atoms with Crippen LogP contribution in [0.25, 0.3) is 0 Å². The average Bonchev–Trinajstić information content (AvgIpc) is 2.20. The topological polar surface area (TPSA) is 81.1 Å². The van der Waals surface area contributed by atoms with Crippen molar-refractivity contribution in [1.29, 1.82) is 0 Å². The van der Waals surface area contributed by atoms with E-state index >= 15 is 0 Å². The zero-order chi connectivity index (χ0) is 12.6. The number of rotatable bonds is 8. The lowest BCUT2D eigenvalue weighted by atomic mass is 10.2. The third-order valence-corrected chi connectivity index (χ3v) is 2.07. The van der Waals surface area contributed by atoms with Gasteiger partial charge in [0, 0.05) is 6.42 Å². The van der Waals surface area contributed by atoms with E-state index in [9.17, 15) is 14.8 Å². The molecule has 0 aliphatic heterocycles. The zero-order valence-electron chi connectivity index (χ0n) is 10.3. The van der Waals surface area contributed by atoms with Crippen molar-refractivity contribution < 1.29 is 19.9 Å². The number of halogens is 1. The molecular weight excluding hydrogens is 248 g/mol. The van der Waals surface area contributed by atoms with Gasteiger partial charge in [0.15, 0.2) is 0 Å². The second-order valence-corrected chi connectivity index (χ2v) is 3.92. The molecule has 0 rings (SSSR count). The Morgan fingerprint density at radius 1 is 1.06 bits per heavy atom. The van der Waals surface area contributed by atoms with Gasteiger partial charge in [0.2, 0.25) is 5.91 Å². The van der Waals surface area contributed by atoms with Gasteiger partial charge in [0.1, 0.15) is 0 Å². The van der Waals surface area contributed by atoms with Crippen molar-refractivity contribution in [1.82, 2.24) is 9.96 Å². The molecule has 2 N–H and O–H groups in total. The van der Waals surface area contributed by atoms with Gasteiger partial charge in [0.25, 0.3) is 0 Å². The largest absolute Gasteiger partial charge is 0.481 e. The number of carboxylic acids is 1. The Labute approximate surface area is 108 Å². The number of hydroxylamine groups is 2. The van der Waals surface area contributed by atoms with E-state index in [0.717, 1.165) is 13.0 Å². The molecule has 0 saturated carbocycles. The van der Waals surface area contributed by atoms with E-state index < -0.39 is 11.9 Å². The standard InChI is InChI=1S/C10H20N2O4.ClH/c1-11(2)7-4-3-5-9(13)12(16)8-6-10(14)15;/h16H,3-8H2,1-2H3,(H,14,15);1H. The Balaban J connectivity index is 0. The van der Waals surface area contributed by atoms with Crippen LogP contribution in [0.1, 0.15) is 25.7 Å². The molecule has 0 spiro atoms. The molecule has 0 aromatic carbocycles. The van der Waals surface area contributed by atoms with Crippen LogP contribution in [0, 0.1) is 0 Å². The molecule has 0 aliphatic carbocycles. The first-order valence-corrected chi connectivity index (χ1v) is 5.29. The maximum atomic E-state index is 11.3. The molecule has 0 fully saturated rings. The number of amides is 1. The van der Waals surface area contributed by atoms with Crippen LogP contribution in [0.15, 0.2) is 0 Å². The molecule has 1 amide bonds. The number of unbranched alkanes of at least 4 members (excludes halogenated alkanes) is 1. The molecule has 7 heteroatoms. The lowest BCUT2D eigenvalue weighted by molar-refractivity contribution is -0.167. The number of hydrogen-bond donors (Lipinski definition) is 2. The van der Waals surface area contributed by atoms with E-state index in [4.69, 9.17) is 5.11 Å². The van der Waals surface area contributed by atoms with Crippen LogP contribution in [0.5, 0.6) is 0 Å². The normalized spacial score (nSPS) is 9.88. The fourth-order valence-electron chi connectivity index (χ4n) is 1.16. The minimum absolute atomic E-state index is 0. The lowest BCUT2D eigenvalue weighted by Gasteiger charge is -2.14. The molecule has 6 nitrogen and oxygen atoms in total. The average molecular weight is 269 g/mol. The highest BCUT2D eigenvalue weighted by Crippen LogP contribution is 2.00. The van der Waals surface area contributed by atoms with Crippen LogP contribution < -0.4 is 0 Å². The summed E-state index contributed by atoms with van der Waals surface area (Å²) >= 11 is 0. The first kappa shape index (κ1) is 18.5. The number of aliphatic carboxylic acids is 1. The number of hydrogen-bond acceptors (Lipinski definition) is 4. The second-order valence-electron chi connectivity index (χ2n) is 3.92. The zero-order valence-corrected chi connectivity index (χ0v) is 11.1. The monoisotopic (exact) mass is 268 g/mol. The summed E-state index contributed by atoms with van der Waals surface area (Å²) in [6.07, 6.45) is 1.59. The van der Waals surface area contributed by atoms with Gasteiger partial charge in [-0.1, -0.05) is 0 Å². The Morgan fingerprint density at radius 3 is 2.12 bits per heavy atom. The molecule has 0 radical (unpaired) electrons. The second kappa shape index (κ2) is 10.3. The van der Waals surface area contributed by atoms with Gasteiger partial charge in [0.05, 0.1) is 13.0 Å². The van der Waals surface area contributed by atoms with Gasteiger partial charge < -0.3 is 10.0 Å². The van der Waals surface area contributed by atoms with Crippen LogP contribution in [0.2, 0.25) is 0 Å². The number of carboxylic acid groups (broad SMARTS) is 1. The molecule has 0 unspecified atom stereocenters. The maximum Gasteiger partial charge on any atom is 0.305 e. The van der Waals surface area contributed by atoms with Crippen molar-refractivity contribution in [3.8, 4) is 0 Å². The summed E-state index contributed by atoms with van der Waals surface area (Å²) in [5.74, 6) is -1.44. The summed E-state index contributed by atoms with van der Waals surface area (Å²) in [4.78, 5) is 23.5. The molecule has 17 heavy (non-hydrogen) atoms. The van der Waals surface area contributed by atoms with Crippen molar-refractivity contribution in [3.05, 3.63) is 0 Å². The van der Waals surface area contributed by atoms with Crippen molar-refractivity contribution >= 4 is 24.3 Å². The first-order chi connectivity index (χ1) is 7.43. The minimum atomic E-state index is -1.03. The van der Waals surface area contributed by atoms with Crippen LogP contribution in [-0.2, 0) is 9.59 Å². The summed E-state index contributed by atoms with van der Waals surface area (Å²) in [7, 11) is 3.90. The fourth-order valence-corrected chi connectivity index (χ4v) is 1.16. The van der Waals surface area contributed by atoms with Gasteiger partial charge >= 0.3 is 5.97 Å². The van der Waals surface area contributed by atoms with Gasteiger partial charge in [-0.2, -0.15) is 0 Å². The van der Waals surface area contributed by atoms with Crippen LogP contribution >= 0.6 is 12.4 Å². The fraction of sp³-hybridized carbons (Fsp3) is 0.800. The van der Waals surface area contributed by atoms with E-state index in [2.05, 4.69) is 0 Å². The molecule has 102 valence electrons. The highest BCUT2D eigenvalue weighted by atomic mass is 35.5. The molecule has 0 aliphatic rings. The third kappa shape index (κ3) is 11.4. The molecule has 0 aromatic rings. The highest BCUT2D eigenvalue weighted by molar-refractivity contribution is 5.85. The Morgan fingerprint density at radius 2 is 1.65 bits per heavy atom. The van der Waals surface area contributed by atoms with Crippen LogP contribution in [0.3, 0.4) is 0 Å². The molecular formula is C10H21ClN2O4. The summed E-state index contributed by atoms with van der Waals surface area (Å²) in [6, 6.07) is 0. The Kier molecular flexibility index (Phi) is 11.2. The smallest absolute Gasteiger partial charge is 0.305 e. The molecule has 0 saturated heterocycles. The van der Waals surface area contributed by atoms with E-state index in [1.165, 1.54) is 0 Å². The van der Waals surface area contributed by atoms with Crippen molar-refractivity contribution in [2.24, 2.45) is 0 Å². The number of carbonyl (C=O) groups excluding carboxylic acids is 1. The van der Waals surface area contributed by atoms with E-state index in [-0.39, 0.29) is 31.8 Å². The van der Waals surface area contributed by atoms with Gasteiger partial charge in [-0.3, -0.25) is 14.8 Å². The highest BCUT2D eigenvalue weighted by Gasteiger charge is 2.11. The minimum Gasteiger partial charge on any atom is -0.481 e. The van der Waals surface area contributed by atoms with E-state index in [1.54, 1.807) is 0 Å². The quantitative estimate of drug-likeness (QED) is 0.387. The van der Waals surface area contributed by atoms with Gasteiger partial charge in [-0.25, -0.2) is 5.06 Å². The molecule has 0 heterocycles. The van der Waals surface area contributed by atoms with Crippen molar-refractivity contribution in [2.75, 3.05) is 27.2 Å². The summed E-state index contributed by atoms with van der Waals surface area (Å²) in [5, 5.41) is 18.0. The van der Waals surface area contributed by atoms with Gasteiger partial charge in [-0.05, 0) is 33.5 Å². The number of nitrogens with zero attached hydrogens (tertiary/aromatic N) is 2. The molecule has 0 bridgehead atoms. The third-order valence-electron chi connectivity index (χ3n) is 2.07. The van der Waals surface area contributed by atoms with Crippen LogP contribution in [-0.4, -0.2) is 59.3 Å². The van der Waals surface area contributed by atoms with Crippen molar-refractivity contribution in [3.63, 3.8) is 0 Å². The first-order valence-electron chi connectivity index (χ1n) is 5.29. The SMILES string of the molecule is CN(C)CCCCC(=O)N(O)CCC(=O)O.Cl. The predicted octanol–water partition coefficient (Wildman–Crippen LogP) is 0.833. The maximum absolute atomic E-state index is 11.3. The van der Waals surface area contributed by atoms with Gasteiger partial charge in [-0.15, -0.1) is 12.4 Å². The lowest BCUT2D eigenvalue weighted by Crippen LogP contribution is -2.29. The van der Waals surface area contributed by atoms with E-state index in [0.29, 0.717) is 11.5 Å². The van der Waals surface area contributed by atoms with Crippen molar-refractivity contribution in [2.45, 2.75) is 25.7 Å². The summed E-state index contributed by atoms with van der Waals surface area (Å²) in [5.41, 5.74) is 0. The summed E-state index contributed by atoms with van der Waals surface area (Å²) in [6.45, 7) is 0.746. The van der Waals surface area contributed by atoms with Crippen LogP contribution in [0.4, 0.5) is 0 Å². The summed E-state index contributed by atoms with van der Waals surface area (Å²) < 4.78 is 0. The Hall–Kier alpha value is -0.850.